The van der Waals surface area contributed by atoms with E-state index in [2.05, 4.69) is 5.32 Å². The molecule has 1 N–H and O–H groups in total. The number of hydrogen-bond acceptors (Lipinski definition) is 4. The summed E-state index contributed by atoms with van der Waals surface area (Å²) in [5.74, 6) is -0.00422. The monoisotopic (exact) mass is 345 g/mol. The van der Waals surface area contributed by atoms with Gasteiger partial charge in [0.1, 0.15) is 5.75 Å². The number of carbonyl (C=O) groups is 3. The number of hydrogen-bond donors (Lipinski definition) is 1. The highest BCUT2D eigenvalue weighted by molar-refractivity contribution is 6.01. The third-order valence-electron chi connectivity index (χ3n) is 4.64. The highest BCUT2D eigenvalue weighted by Crippen LogP contribution is 2.33. The predicted octanol–water partition coefficient (Wildman–Crippen LogP) is 0.785. The van der Waals surface area contributed by atoms with Gasteiger partial charge in [-0.2, -0.15) is 0 Å². The molecule has 1 aromatic carbocycles. The first-order chi connectivity index (χ1) is 12.0. The lowest BCUT2D eigenvalue weighted by Crippen LogP contribution is -2.41. The van der Waals surface area contributed by atoms with Crippen molar-refractivity contribution in [2.24, 2.45) is 5.92 Å². The molecule has 2 heterocycles. The minimum atomic E-state index is -0.414. The van der Waals surface area contributed by atoms with Gasteiger partial charge in [0.2, 0.25) is 17.7 Å². The molecule has 2 aliphatic rings. The van der Waals surface area contributed by atoms with Crippen LogP contribution in [0, 0.1) is 5.92 Å². The van der Waals surface area contributed by atoms with E-state index in [0.29, 0.717) is 37.6 Å². The summed E-state index contributed by atoms with van der Waals surface area (Å²) in [6.45, 7) is 3.23. The normalized spacial score (nSPS) is 23.3. The van der Waals surface area contributed by atoms with E-state index in [4.69, 9.17) is 4.74 Å². The van der Waals surface area contributed by atoms with E-state index in [9.17, 15) is 14.4 Å². The van der Waals surface area contributed by atoms with Gasteiger partial charge < -0.3 is 19.9 Å². The number of anilines is 1. The van der Waals surface area contributed by atoms with E-state index in [1.807, 2.05) is 31.2 Å². The second-order valence-corrected chi connectivity index (χ2v) is 6.49. The maximum Gasteiger partial charge on any atom is 0.227 e. The molecular formula is C18H23N3O4. The Morgan fingerprint density at radius 1 is 1.20 bits per heavy atom. The van der Waals surface area contributed by atoms with Gasteiger partial charge in [-0.15, -0.1) is 0 Å². The minimum Gasteiger partial charge on any atom is -0.492 e. The molecule has 3 rings (SSSR count). The van der Waals surface area contributed by atoms with Crippen LogP contribution < -0.4 is 15.0 Å². The van der Waals surface area contributed by atoms with Crippen LogP contribution in [0.1, 0.15) is 19.8 Å². The van der Waals surface area contributed by atoms with Gasteiger partial charge in [0.05, 0.1) is 24.3 Å². The van der Waals surface area contributed by atoms with E-state index in [1.54, 1.807) is 16.8 Å². The number of nitrogens with zero attached hydrogens (tertiary/aromatic N) is 2. The molecule has 2 unspecified atom stereocenters. The molecule has 2 fully saturated rings. The Morgan fingerprint density at radius 3 is 2.64 bits per heavy atom. The van der Waals surface area contributed by atoms with Gasteiger partial charge in [0.25, 0.3) is 0 Å². The molecule has 0 aliphatic carbocycles. The third-order valence-corrected chi connectivity index (χ3v) is 4.64. The summed E-state index contributed by atoms with van der Waals surface area (Å²) in [5.41, 5.74) is 0.695. The summed E-state index contributed by atoms with van der Waals surface area (Å²) in [5, 5.41) is 2.90. The number of carbonyl (C=O) groups excluding carboxylic acids is 3. The van der Waals surface area contributed by atoms with Gasteiger partial charge >= 0.3 is 0 Å². The van der Waals surface area contributed by atoms with Crippen molar-refractivity contribution in [2.45, 2.75) is 25.8 Å². The van der Waals surface area contributed by atoms with Crippen molar-refractivity contribution in [3.63, 3.8) is 0 Å². The molecule has 0 saturated carbocycles. The van der Waals surface area contributed by atoms with E-state index >= 15 is 0 Å². The number of benzene rings is 1. The number of para-hydroxylation sites is 2. The van der Waals surface area contributed by atoms with Gasteiger partial charge in [-0.05, 0) is 19.1 Å². The molecule has 0 spiro atoms. The molecule has 1 aromatic rings. The first-order valence-electron chi connectivity index (χ1n) is 8.56. The summed E-state index contributed by atoms with van der Waals surface area (Å²) in [7, 11) is 1.72. The Labute approximate surface area is 146 Å². The standard InChI is InChI=1S/C18H23N3O4/c1-3-25-15-7-5-4-6-14(15)21-10-12(8-17(21)23)18(24)19-13-9-16(22)20(2)11-13/h4-7,12-13H,3,8-11H2,1-2H3,(H,19,24). The molecule has 3 amide bonds. The summed E-state index contributed by atoms with van der Waals surface area (Å²) >= 11 is 0. The Morgan fingerprint density at radius 2 is 1.96 bits per heavy atom. The average molecular weight is 345 g/mol. The molecule has 2 atom stereocenters. The number of rotatable bonds is 5. The smallest absolute Gasteiger partial charge is 0.227 e. The zero-order valence-electron chi connectivity index (χ0n) is 14.5. The fourth-order valence-corrected chi connectivity index (χ4v) is 3.35. The zero-order chi connectivity index (χ0) is 18.0. The second-order valence-electron chi connectivity index (χ2n) is 6.49. The van der Waals surface area contributed by atoms with Gasteiger partial charge in [-0.25, -0.2) is 0 Å². The van der Waals surface area contributed by atoms with Crippen molar-refractivity contribution < 1.29 is 19.1 Å². The van der Waals surface area contributed by atoms with Crippen LogP contribution in [0.3, 0.4) is 0 Å². The SMILES string of the molecule is CCOc1ccccc1N1CC(C(=O)NC2CC(=O)N(C)C2)CC1=O. The minimum absolute atomic E-state index is 0.0278. The fourth-order valence-electron chi connectivity index (χ4n) is 3.35. The largest absolute Gasteiger partial charge is 0.492 e. The van der Waals surface area contributed by atoms with Crippen LogP contribution in [0.2, 0.25) is 0 Å². The van der Waals surface area contributed by atoms with Crippen molar-refractivity contribution in [2.75, 3.05) is 31.6 Å². The lowest BCUT2D eigenvalue weighted by Gasteiger charge is -2.20. The summed E-state index contributed by atoms with van der Waals surface area (Å²) in [6.07, 6.45) is 0.489. The first kappa shape index (κ1) is 17.3. The fraction of sp³-hybridized carbons (Fsp3) is 0.500. The van der Waals surface area contributed by atoms with Crippen LogP contribution >= 0.6 is 0 Å². The Hall–Kier alpha value is -2.57. The number of nitrogens with one attached hydrogen (secondary N) is 1. The van der Waals surface area contributed by atoms with Gasteiger partial charge in [0, 0.05) is 33.0 Å². The summed E-state index contributed by atoms with van der Waals surface area (Å²) in [4.78, 5) is 39.7. The molecule has 0 aromatic heterocycles. The van der Waals surface area contributed by atoms with Crippen molar-refractivity contribution in [1.82, 2.24) is 10.2 Å². The lowest BCUT2D eigenvalue weighted by molar-refractivity contribution is -0.127. The maximum absolute atomic E-state index is 12.5. The third kappa shape index (κ3) is 3.60. The molecule has 0 bridgehead atoms. The highest BCUT2D eigenvalue weighted by atomic mass is 16.5. The van der Waals surface area contributed by atoms with Crippen LogP contribution in [-0.2, 0) is 14.4 Å². The number of likely N-dealkylation sites (N-methyl/N-ethyl adjacent to an activating group) is 1. The number of ether oxygens (including phenoxy) is 1. The van der Waals surface area contributed by atoms with E-state index in [0.717, 1.165) is 0 Å². The van der Waals surface area contributed by atoms with Crippen molar-refractivity contribution in [3.05, 3.63) is 24.3 Å². The van der Waals surface area contributed by atoms with Crippen LogP contribution in [0.25, 0.3) is 0 Å². The van der Waals surface area contributed by atoms with E-state index in [1.165, 1.54) is 0 Å². The quantitative estimate of drug-likeness (QED) is 0.856. The van der Waals surface area contributed by atoms with Crippen molar-refractivity contribution >= 4 is 23.4 Å². The van der Waals surface area contributed by atoms with Crippen LogP contribution in [0.4, 0.5) is 5.69 Å². The molecule has 2 aliphatic heterocycles. The van der Waals surface area contributed by atoms with Crippen LogP contribution in [0.5, 0.6) is 5.75 Å². The topological polar surface area (TPSA) is 79.0 Å². The molecular weight excluding hydrogens is 322 g/mol. The molecule has 7 nitrogen and oxygen atoms in total. The van der Waals surface area contributed by atoms with Crippen LogP contribution in [0.15, 0.2) is 24.3 Å². The Bertz CT molecular complexity index is 691. The van der Waals surface area contributed by atoms with Gasteiger partial charge in [-0.1, -0.05) is 12.1 Å². The Kier molecular flexibility index (Phi) is 4.92. The average Bonchev–Trinajstić information content (AvgIpc) is 3.11. The van der Waals surface area contributed by atoms with Crippen molar-refractivity contribution in [3.8, 4) is 5.75 Å². The van der Waals surface area contributed by atoms with Gasteiger partial charge in [-0.3, -0.25) is 14.4 Å². The molecule has 25 heavy (non-hydrogen) atoms. The summed E-state index contributed by atoms with van der Waals surface area (Å²) in [6, 6.07) is 7.17. The van der Waals surface area contributed by atoms with Crippen LogP contribution in [-0.4, -0.2) is 55.4 Å². The molecule has 2 saturated heterocycles. The van der Waals surface area contributed by atoms with Gasteiger partial charge in [0.15, 0.2) is 0 Å². The number of likely N-dealkylation sites (tertiary alicyclic amines) is 1. The number of amides is 3. The molecule has 7 heteroatoms. The molecule has 134 valence electrons. The summed E-state index contributed by atoms with van der Waals surface area (Å²) < 4.78 is 5.59. The predicted molar refractivity (Wildman–Crippen MR) is 92.3 cm³/mol. The second kappa shape index (κ2) is 7.13. The lowest BCUT2D eigenvalue weighted by atomic mass is 10.1. The first-order valence-corrected chi connectivity index (χ1v) is 8.56. The van der Waals surface area contributed by atoms with E-state index < -0.39 is 5.92 Å². The zero-order valence-corrected chi connectivity index (χ0v) is 14.5. The molecule has 0 radical (unpaired) electrons. The Balaban J connectivity index is 1.66. The maximum atomic E-state index is 12.5. The highest BCUT2D eigenvalue weighted by Gasteiger charge is 2.38. The van der Waals surface area contributed by atoms with Crippen molar-refractivity contribution in [1.29, 1.82) is 0 Å². The van der Waals surface area contributed by atoms with E-state index in [-0.39, 0.29) is 30.2 Å².